The number of rotatable bonds is 4. The van der Waals surface area contributed by atoms with Crippen LogP contribution in [0.2, 0.25) is 0 Å². The van der Waals surface area contributed by atoms with Crippen LogP contribution < -0.4 is 5.73 Å². The van der Waals surface area contributed by atoms with Gasteiger partial charge in [0, 0.05) is 0 Å². The smallest absolute Gasteiger partial charge is 0.190 e. The molecule has 100 valence electrons. The minimum atomic E-state index is -3.38. The van der Waals surface area contributed by atoms with Gasteiger partial charge in [-0.1, -0.05) is 48.0 Å². The third kappa shape index (κ3) is 2.85. The average molecular weight is 276 g/mol. The van der Waals surface area contributed by atoms with E-state index in [1.807, 2.05) is 49.4 Å². The lowest BCUT2D eigenvalue weighted by Gasteiger charge is -2.14. The van der Waals surface area contributed by atoms with Crippen molar-refractivity contribution < 1.29 is 14.2 Å². The van der Waals surface area contributed by atoms with Crippen molar-refractivity contribution in [1.29, 1.82) is 0 Å². The molecule has 0 saturated carbocycles. The molecular weight excluding hydrogens is 258 g/mol. The van der Waals surface area contributed by atoms with Gasteiger partial charge in [0.15, 0.2) is 9.84 Å². The van der Waals surface area contributed by atoms with E-state index in [1.54, 1.807) is 12.1 Å². The Morgan fingerprint density at radius 1 is 1.00 bits per heavy atom. The van der Waals surface area contributed by atoms with Crippen molar-refractivity contribution in [3.05, 3.63) is 65.7 Å². The van der Waals surface area contributed by atoms with Gasteiger partial charge < -0.3 is 5.73 Å². The lowest BCUT2D eigenvalue weighted by molar-refractivity contribution is -0.367. The molecule has 0 spiro atoms. The largest absolute Gasteiger partial charge is 0.356 e. The summed E-state index contributed by atoms with van der Waals surface area (Å²) in [5.74, 6) is 0. The molecule has 3 N–H and O–H groups in total. The van der Waals surface area contributed by atoms with E-state index in [9.17, 15) is 8.42 Å². The zero-order valence-electron chi connectivity index (χ0n) is 10.9. The van der Waals surface area contributed by atoms with Gasteiger partial charge in [-0.3, -0.25) is 0 Å². The zero-order valence-corrected chi connectivity index (χ0v) is 11.7. The molecule has 0 aliphatic heterocycles. The molecule has 0 radical (unpaired) electrons. The quantitative estimate of drug-likeness (QED) is 0.924. The summed E-state index contributed by atoms with van der Waals surface area (Å²) in [4.78, 5) is 0.357. The second-order valence-electron chi connectivity index (χ2n) is 4.55. The Kier molecular flexibility index (Phi) is 4.02. The van der Waals surface area contributed by atoms with E-state index < -0.39 is 15.1 Å². The minimum absolute atomic E-state index is 0.320. The maximum absolute atomic E-state index is 12.6. The van der Waals surface area contributed by atoms with Gasteiger partial charge in [0.1, 0.15) is 5.25 Å². The van der Waals surface area contributed by atoms with Gasteiger partial charge in [0.2, 0.25) is 0 Å². The summed E-state index contributed by atoms with van der Waals surface area (Å²) in [6.07, 6.45) is 0. The third-order valence-electron chi connectivity index (χ3n) is 3.16. The number of hydrogen-bond acceptors (Lipinski definition) is 2. The van der Waals surface area contributed by atoms with E-state index in [1.165, 1.54) is 0 Å². The predicted octanol–water partition coefficient (Wildman–Crippen LogP) is 1.75. The van der Waals surface area contributed by atoms with Crippen LogP contribution in [0.15, 0.2) is 59.5 Å². The van der Waals surface area contributed by atoms with Gasteiger partial charge in [0.25, 0.3) is 0 Å². The minimum Gasteiger partial charge on any atom is -0.356 e. The molecule has 3 nitrogen and oxygen atoms in total. The molecule has 0 bridgehead atoms. The molecule has 2 aromatic carbocycles. The summed E-state index contributed by atoms with van der Waals surface area (Å²) in [6, 6.07) is 16.2. The molecule has 2 rings (SSSR count). The Morgan fingerprint density at radius 3 is 2.11 bits per heavy atom. The standard InChI is InChI=1S/C15H17NO2S/c1-12-7-9-14(10-8-12)19(17,18)15(11-16)13-5-3-2-4-6-13/h2-10,15H,11,16H2,1H3/p+1/t15-/m1/s1. The second kappa shape index (κ2) is 5.55. The van der Waals surface area contributed by atoms with Crippen LogP contribution in [0, 0.1) is 6.92 Å². The molecule has 0 amide bonds. The van der Waals surface area contributed by atoms with E-state index in [2.05, 4.69) is 5.73 Å². The maximum atomic E-state index is 12.6. The highest BCUT2D eigenvalue weighted by Crippen LogP contribution is 2.27. The Balaban J connectivity index is 2.45. The summed E-state index contributed by atoms with van der Waals surface area (Å²) in [5, 5.41) is -0.587. The summed E-state index contributed by atoms with van der Waals surface area (Å²) in [5.41, 5.74) is 5.63. The highest BCUT2D eigenvalue weighted by Gasteiger charge is 2.29. The number of sulfone groups is 1. The van der Waals surface area contributed by atoms with Gasteiger partial charge >= 0.3 is 0 Å². The Hall–Kier alpha value is -1.65. The monoisotopic (exact) mass is 276 g/mol. The molecule has 0 aliphatic carbocycles. The fourth-order valence-corrected chi connectivity index (χ4v) is 3.73. The van der Waals surface area contributed by atoms with Crippen molar-refractivity contribution in [2.75, 3.05) is 6.54 Å². The van der Waals surface area contributed by atoms with Crippen LogP contribution in [0.4, 0.5) is 0 Å². The Labute approximate surface area is 114 Å². The van der Waals surface area contributed by atoms with Crippen molar-refractivity contribution in [2.45, 2.75) is 17.1 Å². The Morgan fingerprint density at radius 2 is 1.58 bits per heavy atom. The first-order chi connectivity index (χ1) is 9.05. The molecule has 4 heteroatoms. The maximum Gasteiger partial charge on any atom is 0.190 e. The van der Waals surface area contributed by atoms with Crippen molar-refractivity contribution >= 4 is 9.84 Å². The SMILES string of the molecule is Cc1ccc(S(=O)(=O)[C@H](C[NH3+])c2ccccc2)cc1. The third-order valence-corrected chi connectivity index (χ3v) is 5.34. The van der Waals surface area contributed by atoms with Crippen LogP contribution in [0.3, 0.4) is 0 Å². The van der Waals surface area contributed by atoms with Gasteiger partial charge in [0.05, 0.1) is 11.4 Å². The van der Waals surface area contributed by atoms with Crippen molar-refractivity contribution in [1.82, 2.24) is 0 Å². The van der Waals surface area contributed by atoms with E-state index in [0.717, 1.165) is 11.1 Å². The average Bonchev–Trinajstić information content (AvgIpc) is 2.41. The fraction of sp³-hybridized carbons (Fsp3) is 0.200. The molecule has 0 aromatic heterocycles. The van der Waals surface area contributed by atoms with Gasteiger partial charge in [-0.2, -0.15) is 0 Å². The summed E-state index contributed by atoms with van der Waals surface area (Å²) < 4.78 is 25.3. The lowest BCUT2D eigenvalue weighted by atomic mass is 10.1. The normalized spacial score (nSPS) is 13.2. The van der Waals surface area contributed by atoms with Gasteiger partial charge in [-0.05, 0) is 24.6 Å². The summed E-state index contributed by atoms with van der Waals surface area (Å²) >= 11 is 0. The first kappa shape index (κ1) is 13.8. The molecule has 0 fully saturated rings. The van der Waals surface area contributed by atoms with Crippen LogP contribution in [-0.2, 0) is 9.84 Å². The Bertz CT molecular complexity index is 634. The summed E-state index contributed by atoms with van der Waals surface area (Å²) in [7, 11) is -3.38. The molecule has 0 saturated heterocycles. The van der Waals surface area contributed by atoms with Crippen LogP contribution in [-0.4, -0.2) is 15.0 Å². The molecule has 0 heterocycles. The number of hydrogen-bond donors (Lipinski definition) is 1. The second-order valence-corrected chi connectivity index (χ2v) is 6.68. The van der Waals surface area contributed by atoms with E-state index in [0.29, 0.717) is 11.4 Å². The molecule has 0 unspecified atom stereocenters. The van der Waals surface area contributed by atoms with Crippen molar-refractivity contribution in [2.24, 2.45) is 0 Å². The molecular formula is C15H18NO2S+. The van der Waals surface area contributed by atoms with Crippen molar-refractivity contribution in [3.8, 4) is 0 Å². The molecule has 19 heavy (non-hydrogen) atoms. The van der Waals surface area contributed by atoms with Crippen molar-refractivity contribution in [3.63, 3.8) is 0 Å². The van der Waals surface area contributed by atoms with Crippen LogP contribution in [0.1, 0.15) is 16.4 Å². The van der Waals surface area contributed by atoms with Crippen LogP contribution in [0.25, 0.3) is 0 Å². The van der Waals surface area contributed by atoms with Crippen LogP contribution in [0.5, 0.6) is 0 Å². The highest BCUT2D eigenvalue weighted by atomic mass is 32.2. The zero-order chi connectivity index (χ0) is 13.9. The van der Waals surface area contributed by atoms with E-state index in [-0.39, 0.29) is 0 Å². The fourth-order valence-electron chi connectivity index (χ4n) is 2.06. The molecule has 2 aromatic rings. The molecule has 1 atom stereocenters. The highest BCUT2D eigenvalue weighted by molar-refractivity contribution is 7.91. The number of quaternary nitrogens is 1. The van der Waals surface area contributed by atoms with E-state index in [4.69, 9.17) is 0 Å². The topological polar surface area (TPSA) is 61.8 Å². The predicted molar refractivity (Wildman–Crippen MR) is 75.3 cm³/mol. The lowest BCUT2D eigenvalue weighted by Crippen LogP contribution is -2.54. The number of benzene rings is 2. The first-order valence-corrected chi connectivity index (χ1v) is 7.75. The molecule has 0 aliphatic rings. The number of aryl methyl sites for hydroxylation is 1. The summed E-state index contributed by atoms with van der Waals surface area (Å²) in [6.45, 7) is 2.26. The van der Waals surface area contributed by atoms with Gasteiger partial charge in [-0.15, -0.1) is 0 Å². The van der Waals surface area contributed by atoms with Crippen LogP contribution >= 0.6 is 0 Å². The van der Waals surface area contributed by atoms with Gasteiger partial charge in [-0.25, -0.2) is 8.42 Å². The first-order valence-electron chi connectivity index (χ1n) is 6.20. The van der Waals surface area contributed by atoms with E-state index >= 15 is 0 Å².